The number of nitrogens with one attached hydrogen (secondary N) is 2. The number of hydrogen-bond acceptors (Lipinski definition) is 4. The first-order valence-corrected chi connectivity index (χ1v) is 8.60. The van der Waals surface area contributed by atoms with E-state index in [0.717, 1.165) is 5.56 Å². The molecular weight excluding hydrogens is 344 g/mol. The van der Waals surface area contributed by atoms with Crippen LogP contribution in [0.3, 0.4) is 0 Å². The van der Waals surface area contributed by atoms with Crippen molar-refractivity contribution < 1.29 is 9.59 Å². The van der Waals surface area contributed by atoms with Gasteiger partial charge in [-0.15, -0.1) is 0 Å². The fourth-order valence-corrected chi connectivity index (χ4v) is 2.83. The van der Waals surface area contributed by atoms with Gasteiger partial charge in [0, 0.05) is 30.2 Å². The summed E-state index contributed by atoms with van der Waals surface area (Å²) in [6.07, 6.45) is 0. The first kappa shape index (κ1) is 18.3. The topological polar surface area (TPSA) is 93.1 Å². The molecule has 0 atom stereocenters. The van der Waals surface area contributed by atoms with Crippen LogP contribution < -0.4 is 16.2 Å². The predicted molar refractivity (Wildman–Crippen MR) is 105 cm³/mol. The van der Waals surface area contributed by atoms with E-state index in [2.05, 4.69) is 15.7 Å². The van der Waals surface area contributed by atoms with Crippen molar-refractivity contribution in [3.05, 3.63) is 64.1 Å². The summed E-state index contributed by atoms with van der Waals surface area (Å²) in [6, 6.07) is 12.1. The molecule has 138 valence electrons. The SMILES string of the molecule is CCn1nc(C(=O)Nc2ccc(C)c(NC(C)=O)c2)c2ccccc2c1=O. The highest BCUT2D eigenvalue weighted by atomic mass is 16.2. The number of amides is 2. The molecule has 0 saturated carbocycles. The summed E-state index contributed by atoms with van der Waals surface area (Å²) in [7, 11) is 0. The van der Waals surface area contributed by atoms with Crippen LogP contribution in [0, 0.1) is 6.92 Å². The number of carbonyl (C=O) groups excluding carboxylic acids is 2. The van der Waals surface area contributed by atoms with E-state index in [1.165, 1.54) is 11.6 Å². The normalized spacial score (nSPS) is 10.6. The second-order valence-electron chi connectivity index (χ2n) is 6.18. The zero-order chi connectivity index (χ0) is 19.6. The van der Waals surface area contributed by atoms with Gasteiger partial charge in [0.2, 0.25) is 5.91 Å². The number of aryl methyl sites for hydroxylation is 2. The van der Waals surface area contributed by atoms with Gasteiger partial charge < -0.3 is 10.6 Å². The van der Waals surface area contributed by atoms with Crippen molar-refractivity contribution in [2.45, 2.75) is 27.3 Å². The summed E-state index contributed by atoms with van der Waals surface area (Å²) < 4.78 is 1.27. The van der Waals surface area contributed by atoms with Crippen LogP contribution in [0.1, 0.15) is 29.9 Å². The molecule has 27 heavy (non-hydrogen) atoms. The van der Waals surface area contributed by atoms with Crippen LogP contribution in [0.4, 0.5) is 11.4 Å². The summed E-state index contributed by atoms with van der Waals surface area (Å²) >= 11 is 0. The molecule has 7 nitrogen and oxygen atoms in total. The number of hydrogen-bond donors (Lipinski definition) is 2. The fraction of sp³-hybridized carbons (Fsp3) is 0.200. The standard InChI is InChI=1S/C20H20N4O3/c1-4-24-20(27)16-8-6-5-7-15(16)18(23-24)19(26)22-14-10-9-12(2)17(11-14)21-13(3)25/h5-11H,4H2,1-3H3,(H,21,25)(H,22,26). The molecule has 7 heteroatoms. The van der Waals surface area contributed by atoms with E-state index in [-0.39, 0.29) is 17.2 Å². The van der Waals surface area contributed by atoms with Crippen LogP contribution in [-0.4, -0.2) is 21.6 Å². The van der Waals surface area contributed by atoms with Gasteiger partial charge >= 0.3 is 0 Å². The van der Waals surface area contributed by atoms with Gasteiger partial charge in [-0.05, 0) is 37.6 Å². The second kappa shape index (κ2) is 7.41. The van der Waals surface area contributed by atoms with Crippen LogP contribution in [0.15, 0.2) is 47.3 Å². The Morgan fingerprint density at radius 1 is 1.07 bits per heavy atom. The highest BCUT2D eigenvalue weighted by molar-refractivity contribution is 6.11. The minimum atomic E-state index is -0.425. The van der Waals surface area contributed by atoms with Gasteiger partial charge in [-0.3, -0.25) is 14.4 Å². The Kier molecular flexibility index (Phi) is 5.03. The lowest BCUT2D eigenvalue weighted by atomic mass is 10.1. The third-order valence-electron chi connectivity index (χ3n) is 4.19. The Bertz CT molecular complexity index is 1100. The van der Waals surface area contributed by atoms with Crippen molar-refractivity contribution >= 4 is 34.0 Å². The van der Waals surface area contributed by atoms with E-state index in [1.54, 1.807) is 49.4 Å². The summed E-state index contributed by atoms with van der Waals surface area (Å²) in [5.41, 5.74) is 1.97. The largest absolute Gasteiger partial charge is 0.326 e. The van der Waals surface area contributed by atoms with Crippen LogP contribution in [-0.2, 0) is 11.3 Å². The fourth-order valence-electron chi connectivity index (χ4n) is 2.83. The molecule has 2 N–H and O–H groups in total. The minimum Gasteiger partial charge on any atom is -0.326 e. The third-order valence-corrected chi connectivity index (χ3v) is 4.19. The molecule has 1 heterocycles. The van der Waals surface area contributed by atoms with Crippen LogP contribution in [0.5, 0.6) is 0 Å². The quantitative estimate of drug-likeness (QED) is 0.744. The Labute approximate surface area is 156 Å². The molecule has 1 aromatic heterocycles. The van der Waals surface area contributed by atoms with Gasteiger partial charge in [0.1, 0.15) is 0 Å². The molecule has 0 aliphatic heterocycles. The number of nitrogens with zero attached hydrogens (tertiary/aromatic N) is 2. The van der Waals surface area contributed by atoms with Crippen molar-refractivity contribution in [2.24, 2.45) is 0 Å². The third kappa shape index (κ3) is 3.72. The Balaban J connectivity index is 2.01. The maximum atomic E-state index is 12.8. The number of anilines is 2. The van der Waals surface area contributed by atoms with Crippen molar-refractivity contribution in [3.63, 3.8) is 0 Å². The Hall–Kier alpha value is -3.48. The lowest BCUT2D eigenvalue weighted by Gasteiger charge is -2.12. The molecule has 0 aliphatic rings. The van der Waals surface area contributed by atoms with Gasteiger partial charge in [-0.25, -0.2) is 4.68 Å². The maximum Gasteiger partial charge on any atom is 0.276 e. The molecular formula is C20H20N4O3. The van der Waals surface area contributed by atoms with Crippen molar-refractivity contribution in [1.82, 2.24) is 9.78 Å². The average Bonchev–Trinajstić information content (AvgIpc) is 2.64. The smallest absolute Gasteiger partial charge is 0.276 e. The van der Waals surface area contributed by atoms with E-state index in [1.807, 2.05) is 6.92 Å². The molecule has 0 aliphatic carbocycles. The van der Waals surface area contributed by atoms with Gasteiger partial charge in [0.05, 0.1) is 5.39 Å². The van der Waals surface area contributed by atoms with Crippen LogP contribution in [0.2, 0.25) is 0 Å². The number of rotatable bonds is 4. The Morgan fingerprint density at radius 2 is 1.78 bits per heavy atom. The average molecular weight is 364 g/mol. The van der Waals surface area contributed by atoms with Crippen LogP contribution >= 0.6 is 0 Å². The second-order valence-corrected chi connectivity index (χ2v) is 6.18. The molecule has 0 bridgehead atoms. The monoisotopic (exact) mass is 364 g/mol. The van der Waals surface area contributed by atoms with E-state index >= 15 is 0 Å². The Morgan fingerprint density at radius 3 is 2.44 bits per heavy atom. The maximum absolute atomic E-state index is 12.8. The predicted octanol–water partition coefficient (Wildman–Crippen LogP) is 2.94. The van der Waals surface area contributed by atoms with Gasteiger partial charge in [-0.2, -0.15) is 5.10 Å². The van der Waals surface area contributed by atoms with E-state index in [0.29, 0.717) is 28.7 Å². The summed E-state index contributed by atoms with van der Waals surface area (Å²) in [4.78, 5) is 36.6. The molecule has 3 aromatic rings. The molecule has 2 aromatic carbocycles. The first-order chi connectivity index (χ1) is 12.9. The van der Waals surface area contributed by atoms with Gasteiger partial charge in [0.15, 0.2) is 5.69 Å². The molecule has 0 saturated heterocycles. The first-order valence-electron chi connectivity index (χ1n) is 8.60. The van der Waals surface area contributed by atoms with Crippen molar-refractivity contribution in [2.75, 3.05) is 10.6 Å². The van der Waals surface area contributed by atoms with Gasteiger partial charge in [-0.1, -0.05) is 24.3 Å². The minimum absolute atomic E-state index is 0.175. The summed E-state index contributed by atoms with van der Waals surface area (Å²) in [5.74, 6) is -0.615. The van der Waals surface area contributed by atoms with Crippen molar-refractivity contribution in [3.8, 4) is 0 Å². The number of benzene rings is 2. The molecule has 0 fully saturated rings. The highest BCUT2D eigenvalue weighted by Crippen LogP contribution is 2.21. The van der Waals surface area contributed by atoms with Crippen molar-refractivity contribution in [1.29, 1.82) is 0 Å². The number of carbonyl (C=O) groups is 2. The van der Waals surface area contributed by atoms with Gasteiger partial charge in [0.25, 0.3) is 11.5 Å². The lowest BCUT2D eigenvalue weighted by molar-refractivity contribution is -0.114. The zero-order valence-corrected chi connectivity index (χ0v) is 15.4. The number of fused-ring (bicyclic) bond motifs is 1. The molecule has 3 rings (SSSR count). The number of aromatic nitrogens is 2. The molecule has 2 amide bonds. The summed E-state index contributed by atoms with van der Waals surface area (Å²) in [5, 5.41) is 10.7. The molecule has 0 radical (unpaired) electrons. The molecule has 0 spiro atoms. The van der Waals surface area contributed by atoms with E-state index in [9.17, 15) is 14.4 Å². The summed E-state index contributed by atoms with van der Waals surface area (Å²) in [6.45, 7) is 5.45. The van der Waals surface area contributed by atoms with E-state index < -0.39 is 5.91 Å². The lowest BCUT2D eigenvalue weighted by Crippen LogP contribution is -2.27. The van der Waals surface area contributed by atoms with E-state index in [4.69, 9.17) is 0 Å². The molecule has 0 unspecified atom stereocenters. The zero-order valence-electron chi connectivity index (χ0n) is 15.4. The van der Waals surface area contributed by atoms with Crippen LogP contribution in [0.25, 0.3) is 10.8 Å². The highest BCUT2D eigenvalue weighted by Gasteiger charge is 2.16.